The van der Waals surface area contributed by atoms with Gasteiger partial charge in [-0.15, -0.1) is 0 Å². The number of likely N-dealkylation sites (N-methyl/N-ethyl adjacent to an activating group) is 1. The average Bonchev–Trinajstić information content (AvgIpc) is 2.93. The van der Waals surface area contributed by atoms with Gasteiger partial charge in [0.2, 0.25) is 0 Å². The Balaban J connectivity index is 2.13. The molecule has 1 atom stereocenters. The number of hydrogen-bond donors (Lipinski definition) is 0. The molecule has 0 N–H and O–H groups in total. The van der Waals surface area contributed by atoms with E-state index in [1.54, 1.807) is 0 Å². The Morgan fingerprint density at radius 2 is 1.86 bits per heavy atom. The van der Waals surface area contributed by atoms with Gasteiger partial charge in [0.1, 0.15) is 11.9 Å². The van der Waals surface area contributed by atoms with Crippen molar-refractivity contribution in [3.8, 4) is 11.4 Å². The molecule has 3 rings (SSSR count). The van der Waals surface area contributed by atoms with Gasteiger partial charge >= 0.3 is 5.97 Å². The van der Waals surface area contributed by atoms with E-state index in [0.29, 0.717) is 17.2 Å². The van der Waals surface area contributed by atoms with Crippen LogP contribution < -0.4 is 4.74 Å². The zero-order valence-electron chi connectivity index (χ0n) is 17.5. The van der Waals surface area contributed by atoms with E-state index >= 15 is 0 Å². The zero-order valence-corrected chi connectivity index (χ0v) is 18.3. The second kappa shape index (κ2) is 8.89. The van der Waals surface area contributed by atoms with Crippen molar-refractivity contribution >= 4 is 28.5 Å². The maximum absolute atomic E-state index is 12.8. The van der Waals surface area contributed by atoms with Gasteiger partial charge in [-0.2, -0.15) is 0 Å². The standard InChI is InChI=1S/C23H27ClN2O3/c1-6-28-23(27)22-16(3)26(18-9-7-17(24)8-10-18)21-12-11-19(13-20(21)22)29-15(2)14-25(4)5/h7-13,15H,6,14H2,1-5H3. The van der Waals surface area contributed by atoms with Crippen molar-refractivity contribution in [2.75, 3.05) is 27.2 Å². The van der Waals surface area contributed by atoms with E-state index in [-0.39, 0.29) is 12.1 Å². The lowest BCUT2D eigenvalue weighted by molar-refractivity contribution is 0.0527. The quantitative estimate of drug-likeness (QED) is 0.504. The summed E-state index contributed by atoms with van der Waals surface area (Å²) in [6, 6.07) is 13.4. The fourth-order valence-electron chi connectivity index (χ4n) is 3.64. The molecule has 0 fully saturated rings. The van der Waals surface area contributed by atoms with E-state index in [1.807, 2.05) is 81.9 Å². The minimum absolute atomic E-state index is 0.0212. The number of hydrogen-bond acceptors (Lipinski definition) is 4. The largest absolute Gasteiger partial charge is 0.489 e. The van der Waals surface area contributed by atoms with Gasteiger partial charge in [-0.25, -0.2) is 4.79 Å². The van der Waals surface area contributed by atoms with E-state index < -0.39 is 0 Å². The van der Waals surface area contributed by atoms with Crippen LogP contribution in [0.15, 0.2) is 42.5 Å². The monoisotopic (exact) mass is 414 g/mol. The van der Waals surface area contributed by atoms with Crippen LogP contribution in [0.25, 0.3) is 16.6 Å². The molecule has 2 aromatic carbocycles. The molecule has 3 aromatic rings. The van der Waals surface area contributed by atoms with Gasteiger partial charge in [0.15, 0.2) is 0 Å². The molecule has 0 radical (unpaired) electrons. The zero-order chi connectivity index (χ0) is 21.1. The minimum Gasteiger partial charge on any atom is -0.489 e. The van der Waals surface area contributed by atoms with Gasteiger partial charge in [0, 0.05) is 28.3 Å². The van der Waals surface area contributed by atoms with E-state index in [9.17, 15) is 4.79 Å². The number of carbonyl (C=O) groups excluding carboxylic acids is 1. The third-order valence-corrected chi connectivity index (χ3v) is 4.95. The van der Waals surface area contributed by atoms with Crippen LogP contribution in [0.1, 0.15) is 29.9 Å². The third-order valence-electron chi connectivity index (χ3n) is 4.70. The summed E-state index contributed by atoms with van der Waals surface area (Å²) in [4.78, 5) is 14.8. The molecule has 29 heavy (non-hydrogen) atoms. The molecular formula is C23H27ClN2O3. The number of fused-ring (bicyclic) bond motifs is 1. The normalized spacial score (nSPS) is 12.4. The maximum atomic E-state index is 12.8. The van der Waals surface area contributed by atoms with Crippen molar-refractivity contribution in [2.45, 2.75) is 26.9 Å². The first kappa shape index (κ1) is 21.2. The summed E-state index contributed by atoms with van der Waals surface area (Å²) in [5, 5.41) is 1.48. The molecule has 154 valence electrons. The number of rotatable bonds is 7. The topological polar surface area (TPSA) is 43.7 Å². The maximum Gasteiger partial charge on any atom is 0.340 e. The van der Waals surface area contributed by atoms with Crippen molar-refractivity contribution in [2.24, 2.45) is 0 Å². The molecule has 0 bridgehead atoms. The van der Waals surface area contributed by atoms with Gasteiger partial charge < -0.3 is 18.9 Å². The summed E-state index contributed by atoms with van der Waals surface area (Å²) in [6.45, 7) is 6.88. The number of nitrogens with zero attached hydrogens (tertiary/aromatic N) is 2. The molecule has 0 aliphatic heterocycles. The van der Waals surface area contributed by atoms with Crippen LogP contribution in [-0.2, 0) is 4.74 Å². The van der Waals surface area contributed by atoms with Crippen LogP contribution in [0, 0.1) is 6.92 Å². The van der Waals surface area contributed by atoms with Crippen LogP contribution in [0.4, 0.5) is 0 Å². The molecule has 1 aromatic heterocycles. The minimum atomic E-state index is -0.332. The Bertz CT molecular complexity index is 1010. The predicted molar refractivity (Wildman–Crippen MR) is 118 cm³/mol. The molecule has 0 saturated heterocycles. The van der Waals surface area contributed by atoms with Crippen molar-refractivity contribution in [1.82, 2.24) is 9.47 Å². The lowest BCUT2D eigenvalue weighted by atomic mass is 10.1. The van der Waals surface area contributed by atoms with E-state index in [0.717, 1.165) is 34.6 Å². The van der Waals surface area contributed by atoms with Crippen molar-refractivity contribution in [1.29, 1.82) is 0 Å². The number of ether oxygens (including phenoxy) is 2. The van der Waals surface area contributed by atoms with E-state index in [1.165, 1.54) is 0 Å². The van der Waals surface area contributed by atoms with E-state index in [4.69, 9.17) is 21.1 Å². The molecule has 0 amide bonds. The molecule has 0 aliphatic rings. The highest BCUT2D eigenvalue weighted by atomic mass is 35.5. The summed E-state index contributed by atoms with van der Waals surface area (Å²) in [5.74, 6) is 0.395. The second-order valence-electron chi connectivity index (χ2n) is 7.36. The van der Waals surface area contributed by atoms with Gasteiger partial charge in [0.25, 0.3) is 0 Å². The molecule has 0 saturated carbocycles. The van der Waals surface area contributed by atoms with Crippen LogP contribution in [0.2, 0.25) is 5.02 Å². The van der Waals surface area contributed by atoms with Gasteiger partial charge in [0.05, 0.1) is 17.7 Å². The van der Waals surface area contributed by atoms with Crippen molar-refractivity contribution in [3.05, 3.63) is 58.7 Å². The Morgan fingerprint density at radius 3 is 2.48 bits per heavy atom. The smallest absolute Gasteiger partial charge is 0.340 e. The summed E-state index contributed by atoms with van der Waals surface area (Å²) in [7, 11) is 4.02. The summed E-state index contributed by atoms with van der Waals surface area (Å²) in [6.07, 6.45) is 0.0212. The summed E-state index contributed by atoms with van der Waals surface area (Å²) < 4.78 is 13.5. The van der Waals surface area contributed by atoms with Crippen LogP contribution in [0.5, 0.6) is 5.75 Å². The SMILES string of the molecule is CCOC(=O)c1c(C)n(-c2ccc(Cl)cc2)c2ccc(OC(C)CN(C)C)cc12. The first-order chi connectivity index (χ1) is 13.8. The van der Waals surface area contributed by atoms with Crippen LogP contribution in [0.3, 0.4) is 0 Å². The predicted octanol–water partition coefficient (Wildman–Crippen LogP) is 5.10. The molecule has 1 unspecified atom stereocenters. The van der Waals surface area contributed by atoms with Crippen molar-refractivity contribution < 1.29 is 14.3 Å². The lowest BCUT2D eigenvalue weighted by Gasteiger charge is -2.19. The fourth-order valence-corrected chi connectivity index (χ4v) is 3.76. The number of halogens is 1. The number of esters is 1. The lowest BCUT2D eigenvalue weighted by Crippen LogP contribution is -2.27. The molecular weight excluding hydrogens is 388 g/mol. The fraction of sp³-hybridized carbons (Fsp3) is 0.348. The van der Waals surface area contributed by atoms with E-state index in [2.05, 4.69) is 4.90 Å². The Morgan fingerprint density at radius 1 is 1.17 bits per heavy atom. The highest BCUT2D eigenvalue weighted by Crippen LogP contribution is 2.33. The first-order valence-electron chi connectivity index (χ1n) is 9.71. The molecule has 6 heteroatoms. The highest BCUT2D eigenvalue weighted by Gasteiger charge is 2.22. The number of carbonyl (C=O) groups is 1. The van der Waals surface area contributed by atoms with Crippen molar-refractivity contribution in [3.63, 3.8) is 0 Å². The molecule has 0 aliphatic carbocycles. The molecule has 5 nitrogen and oxygen atoms in total. The number of benzene rings is 2. The summed E-state index contributed by atoms with van der Waals surface area (Å²) >= 11 is 6.06. The average molecular weight is 415 g/mol. The van der Waals surface area contributed by atoms with Gasteiger partial charge in [-0.1, -0.05) is 11.6 Å². The third kappa shape index (κ3) is 4.57. The van der Waals surface area contributed by atoms with Gasteiger partial charge in [-0.3, -0.25) is 0 Å². The highest BCUT2D eigenvalue weighted by molar-refractivity contribution is 6.30. The Kier molecular flexibility index (Phi) is 6.50. The first-order valence-corrected chi connectivity index (χ1v) is 10.1. The number of aromatic nitrogens is 1. The molecule has 0 spiro atoms. The Hall–Kier alpha value is -2.50. The summed E-state index contributed by atoms with van der Waals surface area (Å²) in [5.41, 5.74) is 3.23. The molecule has 1 heterocycles. The van der Waals surface area contributed by atoms with Crippen LogP contribution >= 0.6 is 11.6 Å². The van der Waals surface area contributed by atoms with Gasteiger partial charge in [-0.05, 0) is 77.3 Å². The second-order valence-corrected chi connectivity index (χ2v) is 7.80. The van der Waals surface area contributed by atoms with Crippen LogP contribution in [-0.4, -0.2) is 48.8 Å². The Labute approximate surface area is 176 Å².